The number of nitrogens with one attached hydrogen (secondary N) is 1. The van der Waals surface area contributed by atoms with Gasteiger partial charge in [-0.2, -0.15) is 0 Å². The summed E-state index contributed by atoms with van der Waals surface area (Å²) in [6.45, 7) is 3.06. The number of ether oxygens (including phenoxy) is 2. The number of oxazole rings is 1. The van der Waals surface area contributed by atoms with E-state index in [-0.39, 0.29) is 24.5 Å². The van der Waals surface area contributed by atoms with E-state index in [1.165, 1.54) is 0 Å². The number of aryl methyl sites for hydroxylation is 1. The molecule has 0 aliphatic heterocycles. The fourth-order valence-corrected chi connectivity index (χ4v) is 7.11. The molecule has 0 atom stereocenters. The highest BCUT2D eigenvalue weighted by Gasteiger charge is 2.34. The lowest BCUT2D eigenvalue weighted by atomic mass is 9.79. The highest BCUT2D eigenvalue weighted by Crippen LogP contribution is 2.41. The number of carbonyl (C=O) groups excluding carboxylic acids is 2. The Kier molecular flexibility index (Phi) is 10.8. The third kappa shape index (κ3) is 8.33. The minimum atomic E-state index is -0.458. The lowest BCUT2D eigenvalue weighted by Gasteiger charge is -2.36. The molecule has 10 nitrogen and oxygen atoms in total. The predicted octanol–water partition coefficient (Wildman–Crippen LogP) is 6.91. The van der Waals surface area contributed by atoms with Gasteiger partial charge in [0.1, 0.15) is 23.8 Å². The monoisotopic (exact) mass is 644 g/mol. The summed E-state index contributed by atoms with van der Waals surface area (Å²) in [6, 6.07) is 12.3. The minimum Gasteiger partial charge on any atom is -0.495 e. The first-order valence-electron chi connectivity index (χ1n) is 17.4. The predicted molar refractivity (Wildman–Crippen MR) is 178 cm³/mol. The molecule has 3 aliphatic rings. The summed E-state index contributed by atoms with van der Waals surface area (Å²) in [5, 5.41) is 11.6. The Morgan fingerprint density at radius 2 is 1.74 bits per heavy atom. The van der Waals surface area contributed by atoms with Crippen LogP contribution in [0.15, 0.2) is 47.1 Å². The highest BCUT2D eigenvalue weighted by molar-refractivity contribution is 5.95. The number of hydrogen-bond acceptors (Lipinski definition) is 8. The van der Waals surface area contributed by atoms with Crippen molar-refractivity contribution in [1.82, 2.24) is 15.3 Å². The zero-order valence-corrected chi connectivity index (χ0v) is 27.7. The Balaban J connectivity index is 1.14. The summed E-state index contributed by atoms with van der Waals surface area (Å²) in [5.74, 6) is 2.85. The van der Waals surface area contributed by atoms with Gasteiger partial charge in [0.15, 0.2) is 5.89 Å². The van der Waals surface area contributed by atoms with E-state index in [0.29, 0.717) is 62.9 Å². The zero-order valence-electron chi connectivity index (χ0n) is 27.7. The lowest BCUT2D eigenvalue weighted by molar-refractivity contribution is -0.124. The van der Waals surface area contributed by atoms with Crippen LogP contribution in [0.3, 0.4) is 0 Å². The number of amides is 2. The molecule has 0 spiro atoms. The first-order chi connectivity index (χ1) is 22.9. The third-order valence-electron chi connectivity index (χ3n) is 10.1. The molecular weight excluding hydrogens is 596 g/mol. The van der Waals surface area contributed by atoms with Gasteiger partial charge in [-0.05, 0) is 108 Å². The van der Waals surface area contributed by atoms with Crippen LogP contribution in [-0.2, 0) is 9.53 Å². The van der Waals surface area contributed by atoms with Crippen molar-refractivity contribution >= 4 is 17.7 Å². The van der Waals surface area contributed by atoms with Crippen LogP contribution >= 0.6 is 0 Å². The largest absolute Gasteiger partial charge is 0.495 e. The molecule has 1 aromatic carbocycles. The van der Waals surface area contributed by atoms with Gasteiger partial charge >= 0.3 is 6.09 Å². The Morgan fingerprint density at radius 1 is 0.979 bits per heavy atom. The Bertz CT molecular complexity index is 1500. The maximum atomic E-state index is 14.3. The van der Waals surface area contributed by atoms with Crippen LogP contribution in [0, 0.1) is 18.8 Å². The number of alkyl carbamates (subject to hydrolysis) is 1. The second kappa shape index (κ2) is 15.3. The molecule has 2 amide bonds. The van der Waals surface area contributed by atoms with Crippen molar-refractivity contribution < 1.29 is 28.6 Å². The molecule has 2 heterocycles. The van der Waals surface area contributed by atoms with Crippen LogP contribution in [0.2, 0.25) is 0 Å². The van der Waals surface area contributed by atoms with E-state index in [9.17, 15) is 9.59 Å². The number of carbonyl (C=O) groups is 2. The van der Waals surface area contributed by atoms with E-state index in [4.69, 9.17) is 29.0 Å². The van der Waals surface area contributed by atoms with Crippen molar-refractivity contribution in [3.05, 3.63) is 59.9 Å². The van der Waals surface area contributed by atoms with Gasteiger partial charge in [0.05, 0.1) is 12.8 Å². The smallest absolute Gasteiger partial charge is 0.407 e. The van der Waals surface area contributed by atoms with Gasteiger partial charge in [0, 0.05) is 54.4 Å². The summed E-state index contributed by atoms with van der Waals surface area (Å²) >= 11 is 0. The van der Waals surface area contributed by atoms with Gasteiger partial charge in [-0.25, -0.2) is 9.78 Å². The average molecular weight is 645 g/mol. The molecule has 252 valence electrons. The van der Waals surface area contributed by atoms with Crippen molar-refractivity contribution in [3.63, 3.8) is 0 Å². The number of methoxy groups -OCH3 is 1. The zero-order chi connectivity index (χ0) is 32.8. The second-order valence-electron chi connectivity index (χ2n) is 13.5. The first-order valence-corrected chi connectivity index (χ1v) is 17.4. The van der Waals surface area contributed by atoms with Crippen LogP contribution in [0.4, 0.5) is 10.5 Å². The number of pyridine rings is 1. The summed E-state index contributed by atoms with van der Waals surface area (Å²) < 4.78 is 16.8. The highest BCUT2D eigenvalue weighted by atomic mass is 16.6. The van der Waals surface area contributed by atoms with Gasteiger partial charge in [-0.15, -0.1) is 0 Å². The number of nitrogens with zero attached hydrogens (tertiary/aromatic N) is 3. The van der Waals surface area contributed by atoms with Gasteiger partial charge in [0.2, 0.25) is 5.91 Å². The number of aliphatic hydroxyl groups is 1. The van der Waals surface area contributed by atoms with Crippen molar-refractivity contribution in [2.75, 3.05) is 31.7 Å². The standard InChI is InChI=1S/C37H48N4O6/c1-24-34(45-2)18-17-32(39-24)26-9-7-25(8-10-26)22-41(30-6-3-5-29(21-30)33-23-46-35(40-33)27-11-12-27)36(43)28-13-15-31(16-14-28)47-37(44)38-19-4-20-42/h3,5-6,17-18,21,23,25-28,31,42H,4,7-16,19-20,22H2,1-2H3,(H,38,44)/t25-,26-,28-,31-. The van der Waals surface area contributed by atoms with Gasteiger partial charge in [-0.3, -0.25) is 9.78 Å². The fraction of sp³-hybridized carbons (Fsp3) is 0.568. The summed E-state index contributed by atoms with van der Waals surface area (Å²) in [6.07, 6.45) is 10.6. The number of aliphatic hydroxyl groups excluding tert-OH is 1. The van der Waals surface area contributed by atoms with Crippen LogP contribution in [0.5, 0.6) is 5.75 Å². The molecule has 10 heteroatoms. The molecule has 3 aliphatic carbocycles. The van der Waals surface area contributed by atoms with E-state index in [0.717, 1.165) is 78.5 Å². The molecule has 0 bridgehead atoms. The summed E-state index contributed by atoms with van der Waals surface area (Å²) in [4.78, 5) is 38.1. The normalized spacial score (nSPS) is 22.8. The van der Waals surface area contributed by atoms with E-state index in [1.807, 2.05) is 36.1 Å². The molecule has 2 N–H and O–H groups in total. The molecule has 3 saturated carbocycles. The maximum absolute atomic E-state index is 14.3. The van der Waals surface area contributed by atoms with Crippen LogP contribution < -0.4 is 15.0 Å². The van der Waals surface area contributed by atoms with E-state index < -0.39 is 6.09 Å². The summed E-state index contributed by atoms with van der Waals surface area (Å²) in [5.41, 5.74) is 4.69. The van der Waals surface area contributed by atoms with E-state index in [2.05, 4.69) is 17.4 Å². The number of anilines is 1. The molecule has 0 unspecified atom stereocenters. The average Bonchev–Trinajstić information content (AvgIpc) is 3.83. The first kappa shape index (κ1) is 33.0. The van der Waals surface area contributed by atoms with Crippen molar-refractivity contribution in [2.45, 2.75) is 95.5 Å². The Morgan fingerprint density at radius 3 is 2.45 bits per heavy atom. The van der Waals surface area contributed by atoms with E-state index in [1.54, 1.807) is 13.4 Å². The Hall–Kier alpha value is -3.92. The summed E-state index contributed by atoms with van der Waals surface area (Å²) in [7, 11) is 1.68. The molecular formula is C37H48N4O6. The molecule has 0 radical (unpaired) electrons. The number of rotatable bonds is 12. The van der Waals surface area contributed by atoms with E-state index >= 15 is 0 Å². The van der Waals surface area contributed by atoms with Crippen LogP contribution in [0.25, 0.3) is 11.3 Å². The van der Waals surface area contributed by atoms with Crippen LogP contribution in [0.1, 0.15) is 99.7 Å². The number of hydrogen-bond donors (Lipinski definition) is 2. The van der Waals surface area contributed by atoms with Crippen molar-refractivity contribution in [2.24, 2.45) is 11.8 Å². The molecule has 2 aromatic heterocycles. The third-order valence-corrected chi connectivity index (χ3v) is 10.1. The van der Waals surface area contributed by atoms with Crippen molar-refractivity contribution in [3.8, 4) is 17.0 Å². The molecule has 6 rings (SSSR count). The second-order valence-corrected chi connectivity index (χ2v) is 13.5. The van der Waals surface area contributed by atoms with Crippen LogP contribution in [-0.4, -0.2) is 60.0 Å². The fourth-order valence-electron chi connectivity index (χ4n) is 7.11. The van der Waals surface area contributed by atoms with Crippen molar-refractivity contribution in [1.29, 1.82) is 0 Å². The molecule has 3 fully saturated rings. The van der Waals surface area contributed by atoms with Gasteiger partial charge in [-0.1, -0.05) is 12.1 Å². The molecule has 47 heavy (non-hydrogen) atoms. The van der Waals surface area contributed by atoms with Gasteiger partial charge < -0.3 is 29.2 Å². The minimum absolute atomic E-state index is 0.0218. The maximum Gasteiger partial charge on any atom is 0.407 e. The molecule has 0 saturated heterocycles. The quantitative estimate of drug-likeness (QED) is 0.204. The lowest BCUT2D eigenvalue weighted by Crippen LogP contribution is -2.42. The Labute approximate surface area is 277 Å². The SMILES string of the molecule is COc1ccc([C@H]2CC[C@H](CN(c3cccc(-c4coc(C5CC5)n4)c3)C(=O)[C@H]3CC[C@H](OC(=O)NCCCO)CC3)CC2)nc1C. The number of aromatic nitrogens is 2. The topological polar surface area (TPSA) is 127 Å². The van der Waals surface area contributed by atoms with Gasteiger partial charge in [0.25, 0.3) is 0 Å². The molecule has 3 aromatic rings. The number of benzene rings is 1.